The van der Waals surface area contributed by atoms with Crippen molar-refractivity contribution in [2.24, 2.45) is 0 Å². The number of ether oxygens (including phenoxy) is 2. The van der Waals surface area contributed by atoms with Crippen LogP contribution in [0.15, 0.2) is 60.9 Å². The van der Waals surface area contributed by atoms with Crippen LogP contribution in [0.5, 0.6) is 5.88 Å². The summed E-state index contributed by atoms with van der Waals surface area (Å²) in [6, 6.07) is 5.11. The van der Waals surface area contributed by atoms with Crippen molar-refractivity contribution >= 4 is 12.1 Å². The lowest BCUT2D eigenvalue weighted by molar-refractivity contribution is -0.143. The highest BCUT2D eigenvalue weighted by atomic mass is 19.4. The molecule has 4 aromatic rings. The van der Waals surface area contributed by atoms with Crippen molar-refractivity contribution in [2.75, 3.05) is 7.11 Å². The van der Waals surface area contributed by atoms with E-state index in [1.165, 1.54) is 37.6 Å². The Labute approximate surface area is 288 Å². The van der Waals surface area contributed by atoms with Crippen LogP contribution in [0.25, 0.3) is 22.3 Å². The van der Waals surface area contributed by atoms with Gasteiger partial charge in [0.1, 0.15) is 11.8 Å². The largest absolute Gasteiger partial charge is 0.481 e. The average Bonchev–Trinajstić information content (AvgIpc) is 3.42. The topological polar surface area (TPSA) is 102 Å². The molecule has 2 aromatic heterocycles. The zero-order valence-corrected chi connectivity index (χ0v) is 27.0. The second-order valence-corrected chi connectivity index (χ2v) is 12.3. The number of aromatic nitrogens is 2. The second-order valence-electron chi connectivity index (χ2n) is 12.3. The van der Waals surface area contributed by atoms with Gasteiger partial charge in [0.2, 0.25) is 5.88 Å². The molecule has 2 saturated heterocycles. The Kier molecular flexibility index (Phi) is 9.11. The lowest BCUT2D eigenvalue weighted by Gasteiger charge is -2.38. The predicted octanol–water partition coefficient (Wildman–Crippen LogP) is 9.67. The first-order chi connectivity index (χ1) is 24.3. The number of carboxylic acid groups (broad SMARTS) is 1. The Morgan fingerprint density at radius 1 is 0.846 bits per heavy atom. The molecule has 6 rings (SSSR count). The summed E-state index contributed by atoms with van der Waals surface area (Å²) in [5, 5.41) is 9.38. The molecule has 2 aromatic carbocycles. The minimum Gasteiger partial charge on any atom is -0.481 e. The fraction of sp³-hybridized carbons (Fsp3) is 0.314. The van der Waals surface area contributed by atoms with Crippen molar-refractivity contribution in [1.82, 2.24) is 14.9 Å². The van der Waals surface area contributed by atoms with E-state index in [1.807, 2.05) is 0 Å². The summed E-state index contributed by atoms with van der Waals surface area (Å²) in [6.45, 7) is 1.65. The summed E-state index contributed by atoms with van der Waals surface area (Å²) >= 11 is 0. The number of hydrogen-bond donors (Lipinski definition) is 1. The van der Waals surface area contributed by atoms with E-state index in [4.69, 9.17) is 9.47 Å². The van der Waals surface area contributed by atoms with Gasteiger partial charge in [0, 0.05) is 29.1 Å². The number of methoxy groups -OCH3 is 1. The Morgan fingerprint density at radius 3 is 2.10 bits per heavy atom. The highest BCUT2D eigenvalue weighted by Crippen LogP contribution is 2.50. The number of pyridine rings is 2. The number of hydrogen-bond acceptors (Lipinski definition) is 6. The molecule has 4 heterocycles. The SMILES string of the molecule is COc1ncc(-c2ccc(C(=O)O)cc2C)cc1-c1cnc(C(F)(F)F)cc1[C@@H]1CCC[C@H]2[C@@H](c3cc(C(F)(F)F)cc(C(F)(F)F)c3)OC(=O)N12. The van der Waals surface area contributed by atoms with Gasteiger partial charge in [0.05, 0.1) is 35.9 Å². The number of rotatable bonds is 6. The predicted molar refractivity (Wildman–Crippen MR) is 164 cm³/mol. The summed E-state index contributed by atoms with van der Waals surface area (Å²) in [5.41, 5.74) is -3.54. The van der Waals surface area contributed by atoms with Crippen LogP contribution in [0.3, 0.4) is 0 Å². The maximum absolute atomic E-state index is 14.1. The highest BCUT2D eigenvalue weighted by molar-refractivity contribution is 5.89. The van der Waals surface area contributed by atoms with Crippen LogP contribution in [-0.4, -0.2) is 45.2 Å². The first-order valence-corrected chi connectivity index (χ1v) is 15.5. The van der Waals surface area contributed by atoms with Crippen molar-refractivity contribution in [3.8, 4) is 28.1 Å². The molecular weight excluding hydrogens is 713 g/mol. The molecule has 1 N–H and O–H groups in total. The van der Waals surface area contributed by atoms with Gasteiger partial charge in [0.25, 0.3) is 0 Å². The van der Waals surface area contributed by atoms with E-state index in [2.05, 4.69) is 9.97 Å². The quantitative estimate of drug-likeness (QED) is 0.197. The number of aryl methyl sites for hydroxylation is 1. The smallest absolute Gasteiger partial charge is 0.433 e. The molecule has 0 unspecified atom stereocenters. The van der Waals surface area contributed by atoms with E-state index >= 15 is 0 Å². The number of carboxylic acids is 1. The lowest BCUT2D eigenvalue weighted by Crippen LogP contribution is -2.41. The highest BCUT2D eigenvalue weighted by Gasteiger charge is 2.50. The molecule has 8 nitrogen and oxygen atoms in total. The number of carbonyl (C=O) groups excluding carboxylic acids is 1. The molecule has 2 fully saturated rings. The Bertz CT molecular complexity index is 2030. The molecule has 0 spiro atoms. The summed E-state index contributed by atoms with van der Waals surface area (Å²) < 4.78 is 135. The molecule has 274 valence electrons. The van der Waals surface area contributed by atoms with Crippen LogP contribution < -0.4 is 4.74 Å². The molecule has 17 heteroatoms. The third-order valence-electron chi connectivity index (χ3n) is 9.10. The van der Waals surface area contributed by atoms with Gasteiger partial charge in [-0.2, -0.15) is 39.5 Å². The number of benzene rings is 2. The normalized spacial score (nSPS) is 19.3. The van der Waals surface area contributed by atoms with Crippen molar-refractivity contribution in [3.63, 3.8) is 0 Å². The minimum absolute atomic E-state index is 0.0135. The number of amides is 1. The van der Waals surface area contributed by atoms with Gasteiger partial charge in [-0.15, -0.1) is 0 Å². The van der Waals surface area contributed by atoms with Crippen molar-refractivity contribution in [3.05, 3.63) is 100.0 Å². The maximum Gasteiger partial charge on any atom is 0.433 e. The number of cyclic esters (lactones) is 1. The van der Waals surface area contributed by atoms with Gasteiger partial charge < -0.3 is 14.6 Å². The molecule has 0 aliphatic carbocycles. The van der Waals surface area contributed by atoms with Crippen LogP contribution in [0.1, 0.15) is 75.3 Å². The fourth-order valence-corrected chi connectivity index (χ4v) is 6.78. The Morgan fingerprint density at radius 2 is 1.52 bits per heavy atom. The van der Waals surface area contributed by atoms with Crippen LogP contribution in [0.4, 0.5) is 44.3 Å². The monoisotopic (exact) mass is 739 g/mol. The molecule has 1 amide bonds. The van der Waals surface area contributed by atoms with Crippen LogP contribution in [0.2, 0.25) is 0 Å². The Hall–Kier alpha value is -5.35. The molecular formula is C35H26F9N3O5. The third kappa shape index (κ3) is 6.82. The van der Waals surface area contributed by atoms with Gasteiger partial charge >= 0.3 is 30.6 Å². The molecule has 2 aliphatic rings. The van der Waals surface area contributed by atoms with Crippen molar-refractivity contribution in [2.45, 2.75) is 62.9 Å². The molecule has 0 bridgehead atoms. The van der Waals surface area contributed by atoms with Crippen molar-refractivity contribution < 1.29 is 63.7 Å². The molecule has 2 aliphatic heterocycles. The van der Waals surface area contributed by atoms with Gasteiger partial charge in [-0.3, -0.25) is 9.88 Å². The lowest BCUT2D eigenvalue weighted by atomic mass is 9.84. The number of piperidine rings is 1. The van der Waals surface area contributed by atoms with E-state index in [1.54, 1.807) is 6.92 Å². The van der Waals surface area contributed by atoms with E-state index in [9.17, 15) is 54.2 Å². The van der Waals surface area contributed by atoms with Gasteiger partial charge in [-0.25, -0.2) is 14.6 Å². The first-order valence-electron chi connectivity index (χ1n) is 15.5. The summed E-state index contributed by atoms with van der Waals surface area (Å²) in [5.74, 6) is -1.21. The standard InChI is InChI=1S/C35H26F9N3O5/c1-16-8-17(31(48)49)6-7-22(16)19-11-24(30(51-2)46-14-19)25-15-45-28(35(42,43)44)13-23(25)26-4-3-5-27-29(52-32(50)47(26)27)18-9-20(33(36,37)38)12-21(10-18)34(39,40)41/h6-15,26-27,29H,3-5H2,1-2H3,(H,48,49)/t26-,27-,29+/m0/s1. The van der Waals surface area contributed by atoms with E-state index in [0.717, 1.165) is 17.2 Å². The zero-order chi connectivity index (χ0) is 37.9. The zero-order valence-electron chi connectivity index (χ0n) is 27.0. The van der Waals surface area contributed by atoms with E-state index in [0.29, 0.717) is 28.8 Å². The third-order valence-corrected chi connectivity index (χ3v) is 9.10. The van der Waals surface area contributed by atoms with Crippen LogP contribution in [-0.2, 0) is 23.3 Å². The minimum atomic E-state index is -5.17. The average molecular weight is 740 g/mol. The number of halogens is 9. The summed E-state index contributed by atoms with van der Waals surface area (Å²) in [4.78, 5) is 34.0. The Balaban J connectivity index is 1.48. The van der Waals surface area contributed by atoms with Gasteiger partial charge in [-0.1, -0.05) is 6.07 Å². The second kappa shape index (κ2) is 13.0. The molecule has 0 saturated carbocycles. The van der Waals surface area contributed by atoms with Crippen LogP contribution >= 0.6 is 0 Å². The first kappa shape index (κ1) is 36.4. The number of alkyl halides is 9. The number of nitrogens with zero attached hydrogens (tertiary/aromatic N) is 3. The van der Waals surface area contributed by atoms with Crippen LogP contribution in [0, 0.1) is 6.92 Å². The molecule has 0 radical (unpaired) electrons. The van der Waals surface area contributed by atoms with Gasteiger partial charge in [0.15, 0.2) is 0 Å². The fourth-order valence-electron chi connectivity index (χ4n) is 6.78. The van der Waals surface area contributed by atoms with E-state index < -0.39 is 71.2 Å². The van der Waals surface area contributed by atoms with E-state index in [-0.39, 0.29) is 53.5 Å². The maximum atomic E-state index is 14.1. The van der Waals surface area contributed by atoms with Gasteiger partial charge in [-0.05, 0) is 90.9 Å². The molecule has 3 atom stereocenters. The number of aromatic carboxylic acids is 1. The number of fused-ring (bicyclic) bond motifs is 1. The molecule has 52 heavy (non-hydrogen) atoms. The van der Waals surface area contributed by atoms with Crippen molar-refractivity contribution in [1.29, 1.82) is 0 Å². The summed E-state index contributed by atoms with van der Waals surface area (Å²) in [7, 11) is 1.26. The summed E-state index contributed by atoms with van der Waals surface area (Å²) in [6.07, 6.45) is -15.4. The number of carbonyl (C=O) groups is 2.